The highest BCUT2D eigenvalue weighted by atomic mass is 35.5. The SMILES string of the molecule is Cc1cc(C(CCN2CCC(Nc3nc4ccccc4n3CCCOc3ccc(F)cc3)CC2)CN(C)C(=O)c2ccccc2)ccc1Cl. The van der Waals surface area contributed by atoms with Crippen LogP contribution in [-0.4, -0.2) is 71.1 Å². The minimum Gasteiger partial charge on any atom is -0.494 e. The zero-order chi connectivity index (χ0) is 34.2. The first-order valence-corrected chi connectivity index (χ1v) is 17.6. The number of amides is 1. The molecule has 0 bridgehead atoms. The molecule has 1 saturated heterocycles. The third-order valence-electron chi connectivity index (χ3n) is 9.49. The van der Waals surface area contributed by atoms with E-state index in [1.807, 2.05) is 67.4 Å². The Morgan fingerprint density at radius 3 is 2.49 bits per heavy atom. The molecule has 1 aliphatic heterocycles. The molecule has 0 spiro atoms. The fourth-order valence-corrected chi connectivity index (χ4v) is 6.79. The average Bonchev–Trinajstić information content (AvgIpc) is 3.47. The summed E-state index contributed by atoms with van der Waals surface area (Å²) in [6.45, 7) is 6.91. The van der Waals surface area contributed by atoms with Gasteiger partial charge in [-0.2, -0.15) is 0 Å². The van der Waals surface area contributed by atoms with Crippen LogP contribution in [0, 0.1) is 12.7 Å². The van der Waals surface area contributed by atoms with Crippen molar-refractivity contribution < 1.29 is 13.9 Å². The number of likely N-dealkylation sites (tertiary alicyclic amines) is 1. The van der Waals surface area contributed by atoms with E-state index >= 15 is 0 Å². The Morgan fingerprint density at radius 2 is 1.73 bits per heavy atom. The van der Waals surface area contributed by atoms with Crippen molar-refractivity contribution in [3.63, 3.8) is 0 Å². The number of nitrogens with one attached hydrogen (secondary N) is 1. The van der Waals surface area contributed by atoms with Crippen LogP contribution in [0.15, 0.2) is 97.1 Å². The molecule has 256 valence electrons. The van der Waals surface area contributed by atoms with Gasteiger partial charge < -0.3 is 24.4 Å². The van der Waals surface area contributed by atoms with Crippen LogP contribution in [0.5, 0.6) is 5.75 Å². The van der Waals surface area contributed by atoms with E-state index in [1.54, 1.807) is 12.1 Å². The molecule has 1 amide bonds. The van der Waals surface area contributed by atoms with Gasteiger partial charge in [0.25, 0.3) is 5.91 Å². The molecule has 1 aliphatic rings. The van der Waals surface area contributed by atoms with Gasteiger partial charge in [-0.25, -0.2) is 9.37 Å². The van der Waals surface area contributed by atoms with Gasteiger partial charge >= 0.3 is 0 Å². The molecule has 1 fully saturated rings. The molecule has 6 rings (SSSR count). The van der Waals surface area contributed by atoms with Gasteiger partial charge in [0.05, 0.1) is 17.6 Å². The van der Waals surface area contributed by atoms with Crippen LogP contribution in [0.25, 0.3) is 11.0 Å². The summed E-state index contributed by atoms with van der Waals surface area (Å²) in [4.78, 5) is 22.6. The van der Waals surface area contributed by atoms with E-state index in [1.165, 1.54) is 17.7 Å². The van der Waals surface area contributed by atoms with E-state index in [9.17, 15) is 9.18 Å². The minimum absolute atomic E-state index is 0.0367. The van der Waals surface area contributed by atoms with Gasteiger partial charge in [-0.05, 0) is 105 Å². The first-order chi connectivity index (χ1) is 23.8. The Kier molecular flexibility index (Phi) is 11.5. The third kappa shape index (κ3) is 8.99. The van der Waals surface area contributed by atoms with Crippen LogP contribution in [0.4, 0.5) is 10.3 Å². The minimum atomic E-state index is -0.268. The highest BCUT2D eigenvalue weighted by Crippen LogP contribution is 2.28. The fourth-order valence-electron chi connectivity index (χ4n) is 6.68. The maximum Gasteiger partial charge on any atom is 0.253 e. The van der Waals surface area contributed by atoms with Crippen molar-refractivity contribution in [2.24, 2.45) is 0 Å². The van der Waals surface area contributed by atoms with Crippen molar-refractivity contribution in [3.8, 4) is 5.75 Å². The van der Waals surface area contributed by atoms with Crippen LogP contribution >= 0.6 is 11.6 Å². The second-order valence-electron chi connectivity index (χ2n) is 13.0. The predicted molar refractivity (Wildman–Crippen MR) is 196 cm³/mol. The summed E-state index contributed by atoms with van der Waals surface area (Å²) in [5.74, 6) is 1.53. The second-order valence-corrected chi connectivity index (χ2v) is 13.4. The Morgan fingerprint density at radius 1 is 1.00 bits per heavy atom. The summed E-state index contributed by atoms with van der Waals surface area (Å²) in [6, 6.07) is 30.4. The molecule has 5 aromatic rings. The van der Waals surface area contributed by atoms with Gasteiger partial charge in [0, 0.05) is 55.8 Å². The van der Waals surface area contributed by atoms with Crippen LogP contribution < -0.4 is 10.1 Å². The van der Waals surface area contributed by atoms with Crippen molar-refractivity contribution in [2.75, 3.05) is 45.2 Å². The standard InChI is InChI=1S/C40H45ClFN5O2/c1-29-27-31(13-18-36(29)41)32(28-45(2)39(48)30-9-4-3-5-10-30)19-23-46-24-20-34(21-25-46)43-40-44-37-11-6-7-12-38(37)47(40)22-8-26-49-35-16-14-33(42)15-17-35/h3-7,9-18,27,32,34H,8,19-26,28H2,1-2H3,(H,43,44). The topological polar surface area (TPSA) is 62.6 Å². The molecule has 49 heavy (non-hydrogen) atoms. The van der Waals surface area contributed by atoms with E-state index in [-0.39, 0.29) is 17.6 Å². The summed E-state index contributed by atoms with van der Waals surface area (Å²) in [5, 5.41) is 4.53. The number of anilines is 1. The summed E-state index contributed by atoms with van der Waals surface area (Å²) in [6.07, 6.45) is 3.79. The number of hydrogen-bond acceptors (Lipinski definition) is 5. The van der Waals surface area contributed by atoms with Gasteiger partial charge in [0.2, 0.25) is 5.95 Å². The highest BCUT2D eigenvalue weighted by molar-refractivity contribution is 6.31. The predicted octanol–water partition coefficient (Wildman–Crippen LogP) is 8.43. The van der Waals surface area contributed by atoms with Gasteiger partial charge in [0.1, 0.15) is 11.6 Å². The molecular formula is C40H45ClFN5O2. The van der Waals surface area contributed by atoms with Gasteiger partial charge in [-0.3, -0.25) is 4.79 Å². The monoisotopic (exact) mass is 681 g/mol. The van der Waals surface area contributed by atoms with Gasteiger partial charge in [-0.1, -0.05) is 54.1 Å². The van der Waals surface area contributed by atoms with Crippen LogP contribution in [0.1, 0.15) is 53.1 Å². The highest BCUT2D eigenvalue weighted by Gasteiger charge is 2.24. The quantitative estimate of drug-likeness (QED) is 0.119. The van der Waals surface area contributed by atoms with Crippen LogP contribution in [0.2, 0.25) is 5.02 Å². The molecule has 0 aliphatic carbocycles. The van der Waals surface area contributed by atoms with E-state index in [4.69, 9.17) is 21.3 Å². The number of nitrogens with zero attached hydrogens (tertiary/aromatic N) is 4. The lowest BCUT2D eigenvalue weighted by molar-refractivity contribution is 0.0782. The second kappa shape index (κ2) is 16.3. The first-order valence-electron chi connectivity index (χ1n) is 17.2. The zero-order valence-electron chi connectivity index (χ0n) is 28.3. The molecule has 9 heteroatoms. The molecule has 0 saturated carbocycles. The Labute approximate surface area is 293 Å². The molecule has 1 atom stereocenters. The number of carbonyl (C=O) groups excluding carboxylic acids is 1. The zero-order valence-corrected chi connectivity index (χ0v) is 29.1. The fraction of sp³-hybridized carbons (Fsp3) is 0.350. The number of benzene rings is 4. The molecule has 0 radical (unpaired) electrons. The summed E-state index contributed by atoms with van der Waals surface area (Å²) in [5.41, 5.74) is 5.05. The lowest BCUT2D eigenvalue weighted by Crippen LogP contribution is -2.40. The summed E-state index contributed by atoms with van der Waals surface area (Å²) in [7, 11) is 1.90. The number of imidazole rings is 1. The normalized spacial score (nSPS) is 14.5. The van der Waals surface area contributed by atoms with Crippen molar-refractivity contribution in [1.82, 2.24) is 19.4 Å². The van der Waals surface area contributed by atoms with Crippen molar-refractivity contribution >= 4 is 34.5 Å². The number of piperidine rings is 1. The largest absolute Gasteiger partial charge is 0.494 e. The van der Waals surface area contributed by atoms with Gasteiger partial charge in [0.15, 0.2) is 0 Å². The van der Waals surface area contributed by atoms with Crippen LogP contribution in [-0.2, 0) is 6.54 Å². The number of hydrogen-bond donors (Lipinski definition) is 1. The van der Waals surface area contributed by atoms with Crippen molar-refractivity contribution in [1.29, 1.82) is 0 Å². The van der Waals surface area contributed by atoms with Crippen molar-refractivity contribution in [2.45, 2.75) is 51.1 Å². The molecule has 1 aromatic heterocycles. The Hall–Kier alpha value is -4.40. The Bertz CT molecular complexity index is 1820. The number of ether oxygens (including phenoxy) is 1. The number of rotatable bonds is 14. The first kappa shape index (κ1) is 34.5. The number of fused-ring (bicyclic) bond motifs is 1. The van der Waals surface area contributed by atoms with Gasteiger partial charge in [-0.15, -0.1) is 0 Å². The number of carbonyl (C=O) groups is 1. The van der Waals surface area contributed by atoms with E-state index < -0.39 is 0 Å². The van der Waals surface area contributed by atoms with E-state index in [2.05, 4.69) is 39.0 Å². The molecule has 4 aromatic carbocycles. The lowest BCUT2D eigenvalue weighted by atomic mass is 9.93. The molecule has 7 nitrogen and oxygen atoms in total. The number of likely N-dealkylation sites (N-methyl/N-ethyl adjacent to an activating group) is 1. The molecule has 2 heterocycles. The Balaban J connectivity index is 1.04. The maximum absolute atomic E-state index is 13.2. The van der Waals surface area contributed by atoms with E-state index in [0.29, 0.717) is 30.5 Å². The molecular weight excluding hydrogens is 637 g/mol. The van der Waals surface area contributed by atoms with E-state index in [0.717, 1.165) is 79.4 Å². The number of para-hydroxylation sites is 2. The summed E-state index contributed by atoms with van der Waals surface area (Å²) < 4.78 is 21.4. The molecule has 1 N–H and O–H groups in total. The third-order valence-corrected chi connectivity index (χ3v) is 9.92. The average molecular weight is 682 g/mol. The number of aromatic nitrogens is 2. The van der Waals surface area contributed by atoms with Crippen molar-refractivity contribution in [3.05, 3.63) is 125 Å². The maximum atomic E-state index is 13.2. The number of aryl methyl sites for hydroxylation is 2. The lowest BCUT2D eigenvalue weighted by Gasteiger charge is -2.34. The molecule has 1 unspecified atom stereocenters. The summed E-state index contributed by atoms with van der Waals surface area (Å²) >= 11 is 6.38. The van der Waals surface area contributed by atoms with Crippen LogP contribution in [0.3, 0.4) is 0 Å². The smallest absolute Gasteiger partial charge is 0.253 e. The number of halogens is 2.